The minimum atomic E-state index is -0.237. The first-order chi connectivity index (χ1) is 10.1. The number of carbonyl (C=O) groups excluding carboxylic acids is 2. The largest absolute Gasteiger partial charge is 0.353 e. The van der Waals surface area contributed by atoms with Gasteiger partial charge in [-0.05, 0) is 62.7 Å². The molecule has 0 radical (unpaired) electrons. The molecule has 0 spiro atoms. The second-order valence-corrected chi connectivity index (χ2v) is 7.91. The number of rotatable bonds is 2. The lowest BCUT2D eigenvalue weighted by molar-refractivity contribution is -0.164. The van der Waals surface area contributed by atoms with Crippen LogP contribution in [-0.4, -0.2) is 35.8 Å². The predicted octanol–water partition coefficient (Wildman–Crippen LogP) is 1.94. The maximum Gasteiger partial charge on any atom is 0.242 e. The summed E-state index contributed by atoms with van der Waals surface area (Å²) in [6.45, 7) is 3.33. The van der Waals surface area contributed by atoms with E-state index >= 15 is 0 Å². The number of piperazine rings is 1. The average Bonchev–Trinajstić information content (AvgIpc) is 2.44. The SMILES string of the molecule is CCC1C(=O)NCCN1C(=O)C12CC3CC(CC(C3)C1)C2. The number of amides is 2. The molecule has 1 aliphatic heterocycles. The number of carbonyl (C=O) groups is 2. The number of nitrogens with one attached hydrogen (secondary N) is 1. The summed E-state index contributed by atoms with van der Waals surface area (Å²) in [5.41, 5.74) is -0.111. The van der Waals surface area contributed by atoms with Crippen LogP contribution in [0.1, 0.15) is 51.9 Å². The third-order valence-corrected chi connectivity index (χ3v) is 6.47. The third-order valence-electron chi connectivity index (χ3n) is 6.47. The zero-order valence-electron chi connectivity index (χ0n) is 12.9. The summed E-state index contributed by atoms with van der Waals surface area (Å²) in [6.07, 6.45) is 8.05. The van der Waals surface area contributed by atoms with Crippen molar-refractivity contribution in [1.82, 2.24) is 10.2 Å². The van der Waals surface area contributed by atoms with Crippen LogP contribution < -0.4 is 5.32 Å². The highest BCUT2D eigenvalue weighted by molar-refractivity contribution is 5.91. The van der Waals surface area contributed by atoms with Crippen molar-refractivity contribution in [2.75, 3.05) is 13.1 Å². The molecule has 4 bridgehead atoms. The van der Waals surface area contributed by atoms with E-state index in [-0.39, 0.29) is 17.4 Å². The molecule has 2 amide bonds. The minimum absolute atomic E-state index is 0.0434. The Labute approximate surface area is 126 Å². The Balaban J connectivity index is 1.60. The first kappa shape index (κ1) is 13.6. The highest BCUT2D eigenvalue weighted by Gasteiger charge is 2.56. The summed E-state index contributed by atoms with van der Waals surface area (Å²) < 4.78 is 0. The van der Waals surface area contributed by atoms with Gasteiger partial charge >= 0.3 is 0 Å². The molecule has 5 aliphatic rings. The van der Waals surface area contributed by atoms with Crippen molar-refractivity contribution < 1.29 is 9.59 Å². The van der Waals surface area contributed by atoms with Gasteiger partial charge < -0.3 is 10.2 Å². The zero-order valence-corrected chi connectivity index (χ0v) is 12.9. The topological polar surface area (TPSA) is 49.4 Å². The molecule has 1 saturated heterocycles. The van der Waals surface area contributed by atoms with Crippen LogP contribution in [0.4, 0.5) is 0 Å². The van der Waals surface area contributed by atoms with Gasteiger partial charge in [-0.25, -0.2) is 0 Å². The van der Waals surface area contributed by atoms with E-state index in [9.17, 15) is 9.59 Å². The molecule has 1 unspecified atom stereocenters. The van der Waals surface area contributed by atoms with Crippen molar-refractivity contribution in [1.29, 1.82) is 0 Å². The van der Waals surface area contributed by atoms with E-state index in [0.29, 0.717) is 19.0 Å². The minimum Gasteiger partial charge on any atom is -0.353 e. The van der Waals surface area contributed by atoms with E-state index < -0.39 is 0 Å². The maximum absolute atomic E-state index is 13.3. The van der Waals surface area contributed by atoms with Gasteiger partial charge in [0.05, 0.1) is 5.41 Å². The van der Waals surface area contributed by atoms with Crippen LogP contribution in [0.3, 0.4) is 0 Å². The fourth-order valence-electron chi connectivity index (χ4n) is 6.04. The first-order valence-corrected chi connectivity index (χ1v) is 8.70. The standard InChI is InChI=1S/C17H26N2O2/c1-2-14-15(20)18-3-4-19(14)16(21)17-8-11-5-12(9-17)7-13(6-11)10-17/h11-14H,2-10H2,1H3,(H,18,20). The molecule has 1 atom stereocenters. The second kappa shape index (κ2) is 4.72. The number of hydrogen-bond acceptors (Lipinski definition) is 2. The molecule has 4 aliphatic carbocycles. The molecule has 0 aromatic rings. The van der Waals surface area contributed by atoms with Crippen LogP contribution in [0.2, 0.25) is 0 Å². The van der Waals surface area contributed by atoms with Crippen LogP contribution in [0.15, 0.2) is 0 Å². The monoisotopic (exact) mass is 290 g/mol. The first-order valence-electron chi connectivity index (χ1n) is 8.70. The molecule has 116 valence electrons. The summed E-state index contributed by atoms with van der Waals surface area (Å²) in [5.74, 6) is 2.68. The van der Waals surface area contributed by atoms with Crippen LogP contribution in [0.25, 0.3) is 0 Å². The van der Waals surface area contributed by atoms with Crippen molar-refractivity contribution in [3.63, 3.8) is 0 Å². The van der Waals surface area contributed by atoms with Crippen LogP contribution >= 0.6 is 0 Å². The summed E-state index contributed by atoms with van der Waals surface area (Å²) in [4.78, 5) is 27.3. The van der Waals surface area contributed by atoms with E-state index in [2.05, 4.69) is 5.32 Å². The molecule has 1 N–H and O–H groups in total. The predicted molar refractivity (Wildman–Crippen MR) is 79.4 cm³/mol. The van der Waals surface area contributed by atoms with Gasteiger partial charge in [-0.1, -0.05) is 6.92 Å². The van der Waals surface area contributed by atoms with Crippen LogP contribution in [0, 0.1) is 23.2 Å². The molecule has 5 fully saturated rings. The molecule has 0 aromatic carbocycles. The van der Waals surface area contributed by atoms with Gasteiger partial charge in [0.15, 0.2) is 0 Å². The van der Waals surface area contributed by atoms with Crippen molar-refractivity contribution in [2.45, 2.75) is 57.9 Å². The molecule has 5 rings (SSSR count). The maximum atomic E-state index is 13.3. The molecule has 21 heavy (non-hydrogen) atoms. The van der Waals surface area contributed by atoms with Gasteiger partial charge in [-0.3, -0.25) is 9.59 Å². The molecule has 0 aromatic heterocycles. The summed E-state index contributed by atoms with van der Waals surface area (Å²) in [7, 11) is 0. The van der Waals surface area contributed by atoms with Gasteiger partial charge in [0.2, 0.25) is 11.8 Å². The fraction of sp³-hybridized carbons (Fsp3) is 0.882. The van der Waals surface area contributed by atoms with Gasteiger partial charge in [-0.2, -0.15) is 0 Å². The van der Waals surface area contributed by atoms with Crippen molar-refractivity contribution in [2.24, 2.45) is 23.2 Å². The zero-order chi connectivity index (χ0) is 14.6. The fourth-order valence-corrected chi connectivity index (χ4v) is 6.04. The number of hydrogen-bond donors (Lipinski definition) is 1. The summed E-state index contributed by atoms with van der Waals surface area (Å²) in [5, 5.41) is 2.91. The van der Waals surface area contributed by atoms with E-state index in [4.69, 9.17) is 0 Å². The van der Waals surface area contributed by atoms with E-state index in [1.165, 1.54) is 19.3 Å². The summed E-state index contributed by atoms with van der Waals surface area (Å²) >= 11 is 0. The Morgan fingerprint density at radius 1 is 1.19 bits per heavy atom. The lowest BCUT2D eigenvalue weighted by atomic mass is 9.49. The van der Waals surface area contributed by atoms with Gasteiger partial charge in [-0.15, -0.1) is 0 Å². The van der Waals surface area contributed by atoms with Crippen molar-refractivity contribution >= 4 is 11.8 Å². The van der Waals surface area contributed by atoms with E-state index in [0.717, 1.165) is 43.4 Å². The Morgan fingerprint density at radius 2 is 1.76 bits per heavy atom. The highest BCUT2D eigenvalue weighted by atomic mass is 16.2. The second-order valence-electron chi connectivity index (χ2n) is 7.91. The van der Waals surface area contributed by atoms with Gasteiger partial charge in [0.25, 0.3) is 0 Å². The van der Waals surface area contributed by atoms with Gasteiger partial charge in [0.1, 0.15) is 6.04 Å². The smallest absolute Gasteiger partial charge is 0.242 e. The van der Waals surface area contributed by atoms with Crippen LogP contribution in [0.5, 0.6) is 0 Å². The summed E-state index contributed by atoms with van der Waals surface area (Å²) in [6, 6.07) is -0.237. The molecule has 4 nitrogen and oxygen atoms in total. The molecule has 1 heterocycles. The lowest BCUT2D eigenvalue weighted by Gasteiger charge is -2.57. The van der Waals surface area contributed by atoms with E-state index in [1.54, 1.807) is 0 Å². The van der Waals surface area contributed by atoms with Gasteiger partial charge in [0, 0.05) is 13.1 Å². The number of nitrogens with zero attached hydrogens (tertiary/aromatic N) is 1. The Morgan fingerprint density at radius 3 is 2.29 bits per heavy atom. The lowest BCUT2D eigenvalue weighted by Crippen LogP contribution is -2.62. The van der Waals surface area contributed by atoms with E-state index in [1.807, 2.05) is 11.8 Å². The molecule has 4 saturated carbocycles. The Bertz CT molecular complexity index is 438. The normalized spacial score (nSPS) is 44.8. The van der Waals surface area contributed by atoms with Crippen molar-refractivity contribution in [3.05, 3.63) is 0 Å². The van der Waals surface area contributed by atoms with Crippen molar-refractivity contribution in [3.8, 4) is 0 Å². The third kappa shape index (κ3) is 2.01. The molecular weight excluding hydrogens is 264 g/mol. The molecular formula is C17H26N2O2. The van der Waals surface area contributed by atoms with Crippen LogP contribution in [-0.2, 0) is 9.59 Å². The highest BCUT2D eigenvalue weighted by Crippen LogP contribution is 2.60. The Kier molecular flexibility index (Phi) is 3.05. The average molecular weight is 290 g/mol. The molecule has 4 heteroatoms. The Hall–Kier alpha value is -1.06. The quantitative estimate of drug-likeness (QED) is 0.845.